The molecular weight excluding hydrogens is 398 g/mol. The molecule has 0 spiro atoms. The highest BCUT2D eigenvalue weighted by Gasteiger charge is 2.33. The van der Waals surface area contributed by atoms with Gasteiger partial charge >= 0.3 is 0 Å². The second-order valence-corrected chi connectivity index (χ2v) is 8.20. The van der Waals surface area contributed by atoms with E-state index in [0.717, 1.165) is 29.2 Å². The number of para-hydroxylation sites is 1. The number of rotatable bonds is 5. The first-order chi connectivity index (χ1) is 14.7. The van der Waals surface area contributed by atoms with E-state index in [9.17, 15) is 4.79 Å². The van der Waals surface area contributed by atoms with Crippen LogP contribution in [0, 0.1) is 0 Å². The Morgan fingerprint density at radius 3 is 2.90 bits per heavy atom. The van der Waals surface area contributed by atoms with Crippen LogP contribution in [0.4, 0.5) is 0 Å². The summed E-state index contributed by atoms with van der Waals surface area (Å²) in [5, 5.41) is 2.07. The monoisotopic (exact) mass is 419 g/mol. The van der Waals surface area contributed by atoms with Gasteiger partial charge in [0.15, 0.2) is 5.76 Å². The van der Waals surface area contributed by atoms with Crippen molar-refractivity contribution in [2.75, 3.05) is 13.3 Å². The quantitative estimate of drug-likeness (QED) is 0.538. The Morgan fingerprint density at radius 2 is 2.07 bits per heavy atom. The molecule has 0 bridgehead atoms. The molecule has 2 aliphatic heterocycles. The molecule has 0 amide bonds. The zero-order valence-electron chi connectivity index (χ0n) is 16.6. The topological polar surface area (TPSA) is 48.0 Å². The molecule has 6 heteroatoms. The number of fused-ring (bicyclic) bond motifs is 3. The molecular formula is C24H21NO4S. The average Bonchev–Trinajstić information content (AvgIpc) is 3.38. The highest BCUT2D eigenvalue weighted by molar-refractivity contribution is 7.09. The van der Waals surface area contributed by atoms with Crippen LogP contribution in [0.3, 0.4) is 0 Å². The molecule has 2 aromatic carbocycles. The van der Waals surface area contributed by atoms with Gasteiger partial charge in [-0.3, -0.25) is 9.69 Å². The predicted molar refractivity (Wildman–Crippen MR) is 116 cm³/mol. The second kappa shape index (κ2) is 7.97. The summed E-state index contributed by atoms with van der Waals surface area (Å²) in [6.45, 7) is 4.49. The molecule has 0 saturated heterocycles. The number of allylic oxidation sites excluding steroid dienone is 1. The van der Waals surface area contributed by atoms with Crippen LogP contribution in [0.1, 0.15) is 33.3 Å². The van der Waals surface area contributed by atoms with E-state index in [4.69, 9.17) is 14.2 Å². The predicted octanol–water partition coefficient (Wildman–Crippen LogP) is 5.12. The minimum atomic E-state index is -0.116. The summed E-state index contributed by atoms with van der Waals surface area (Å²) in [6.07, 6.45) is 1.76. The van der Waals surface area contributed by atoms with E-state index in [-0.39, 0.29) is 5.78 Å². The van der Waals surface area contributed by atoms with Crippen molar-refractivity contribution in [1.82, 2.24) is 4.90 Å². The molecule has 0 N–H and O–H groups in total. The lowest BCUT2D eigenvalue weighted by atomic mass is 10.0. The van der Waals surface area contributed by atoms with E-state index >= 15 is 0 Å². The number of hydrogen-bond donors (Lipinski definition) is 0. The van der Waals surface area contributed by atoms with Crippen LogP contribution in [0.5, 0.6) is 17.2 Å². The zero-order valence-corrected chi connectivity index (χ0v) is 17.4. The first kappa shape index (κ1) is 18.9. The first-order valence-corrected chi connectivity index (χ1v) is 10.8. The summed E-state index contributed by atoms with van der Waals surface area (Å²) >= 11 is 1.73. The lowest BCUT2D eigenvalue weighted by Gasteiger charge is -2.29. The normalized spacial score (nSPS) is 16.7. The maximum Gasteiger partial charge on any atom is 0.231 e. The molecule has 152 valence electrons. The molecule has 5 rings (SSSR count). The van der Waals surface area contributed by atoms with Crippen molar-refractivity contribution in [2.45, 2.75) is 20.0 Å². The van der Waals surface area contributed by atoms with E-state index in [1.807, 2.05) is 37.3 Å². The standard InChI is InChI=1S/C24H21NO4S/c1-2-27-20-8-4-3-6-16(20)12-22-23(26)18-9-10-21-19(24(18)29-22)14-25(15-28-21)13-17-7-5-11-30-17/h3-12H,2,13-15H2,1H3/b22-12-. The molecule has 2 aliphatic rings. The Labute approximate surface area is 179 Å². The van der Waals surface area contributed by atoms with E-state index in [1.54, 1.807) is 23.5 Å². The molecule has 0 fully saturated rings. The number of nitrogens with zero attached hydrogens (tertiary/aromatic N) is 1. The van der Waals surface area contributed by atoms with Gasteiger partial charge in [-0.05, 0) is 42.6 Å². The third-order valence-electron chi connectivity index (χ3n) is 5.15. The van der Waals surface area contributed by atoms with Gasteiger partial charge in [0.2, 0.25) is 5.78 Å². The van der Waals surface area contributed by atoms with Crippen LogP contribution in [-0.2, 0) is 13.1 Å². The van der Waals surface area contributed by atoms with Gasteiger partial charge in [0.25, 0.3) is 0 Å². The number of carbonyl (C=O) groups excluding carboxylic acids is 1. The van der Waals surface area contributed by atoms with Gasteiger partial charge in [0.1, 0.15) is 24.0 Å². The average molecular weight is 420 g/mol. The van der Waals surface area contributed by atoms with Crippen LogP contribution in [0.25, 0.3) is 6.08 Å². The Morgan fingerprint density at radius 1 is 1.17 bits per heavy atom. The lowest BCUT2D eigenvalue weighted by Crippen LogP contribution is -2.31. The number of thiophene rings is 1. The minimum absolute atomic E-state index is 0.116. The molecule has 0 unspecified atom stereocenters. The highest BCUT2D eigenvalue weighted by Crippen LogP contribution is 2.42. The summed E-state index contributed by atoms with van der Waals surface area (Å²) in [4.78, 5) is 16.5. The molecule has 3 heterocycles. The third-order valence-corrected chi connectivity index (χ3v) is 6.01. The van der Waals surface area contributed by atoms with Crippen LogP contribution < -0.4 is 14.2 Å². The fourth-order valence-corrected chi connectivity index (χ4v) is 4.50. The van der Waals surface area contributed by atoms with Crippen molar-refractivity contribution >= 4 is 23.2 Å². The number of ketones is 1. The molecule has 0 radical (unpaired) electrons. The molecule has 1 aromatic heterocycles. The van der Waals surface area contributed by atoms with Gasteiger partial charge < -0.3 is 14.2 Å². The van der Waals surface area contributed by atoms with Crippen molar-refractivity contribution < 1.29 is 19.0 Å². The first-order valence-electron chi connectivity index (χ1n) is 9.92. The molecule has 0 aliphatic carbocycles. The second-order valence-electron chi connectivity index (χ2n) is 7.17. The zero-order chi connectivity index (χ0) is 20.5. The van der Waals surface area contributed by atoms with Crippen LogP contribution >= 0.6 is 11.3 Å². The number of benzene rings is 2. The van der Waals surface area contributed by atoms with Gasteiger partial charge in [-0.2, -0.15) is 0 Å². The lowest BCUT2D eigenvalue weighted by molar-refractivity contribution is 0.0882. The fraction of sp³-hybridized carbons (Fsp3) is 0.208. The smallest absolute Gasteiger partial charge is 0.231 e. The Kier molecular flexibility index (Phi) is 5.02. The summed E-state index contributed by atoms with van der Waals surface area (Å²) in [5.41, 5.74) is 2.32. The Hall–Kier alpha value is -3.09. The SMILES string of the molecule is CCOc1ccccc1/C=C1\Oc2c(ccc3c2CN(Cc2cccs2)CO3)C1=O. The van der Waals surface area contributed by atoms with Gasteiger partial charge in [0, 0.05) is 23.5 Å². The number of Topliss-reactive ketones (excluding diaryl/α,β-unsaturated/α-hetero) is 1. The van der Waals surface area contributed by atoms with Gasteiger partial charge in [-0.15, -0.1) is 11.3 Å². The number of carbonyl (C=O) groups is 1. The molecule has 30 heavy (non-hydrogen) atoms. The van der Waals surface area contributed by atoms with Crippen molar-refractivity contribution in [1.29, 1.82) is 0 Å². The maximum absolute atomic E-state index is 13.0. The maximum atomic E-state index is 13.0. The van der Waals surface area contributed by atoms with Gasteiger partial charge in [-0.25, -0.2) is 0 Å². The number of hydrogen-bond acceptors (Lipinski definition) is 6. The van der Waals surface area contributed by atoms with Crippen molar-refractivity contribution in [3.8, 4) is 17.2 Å². The molecule has 5 nitrogen and oxygen atoms in total. The Bertz CT molecular complexity index is 1120. The molecule has 0 saturated carbocycles. The van der Waals surface area contributed by atoms with Crippen molar-refractivity contribution in [3.63, 3.8) is 0 Å². The summed E-state index contributed by atoms with van der Waals surface area (Å²) in [7, 11) is 0. The minimum Gasteiger partial charge on any atom is -0.493 e. The van der Waals surface area contributed by atoms with E-state index in [2.05, 4.69) is 22.4 Å². The van der Waals surface area contributed by atoms with Crippen LogP contribution in [-0.4, -0.2) is 24.0 Å². The van der Waals surface area contributed by atoms with Gasteiger partial charge in [0.05, 0.1) is 17.7 Å². The highest BCUT2D eigenvalue weighted by atomic mass is 32.1. The van der Waals surface area contributed by atoms with Crippen molar-refractivity contribution in [2.24, 2.45) is 0 Å². The van der Waals surface area contributed by atoms with Crippen molar-refractivity contribution in [3.05, 3.63) is 81.2 Å². The Balaban J connectivity index is 1.45. The molecule has 0 atom stereocenters. The summed E-state index contributed by atoms with van der Waals surface area (Å²) < 4.78 is 17.7. The van der Waals surface area contributed by atoms with E-state index < -0.39 is 0 Å². The largest absolute Gasteiger partial charge is 0.493 e. The molecule has 3 aromatic rings. The summed E-state index contributed by atoms with van der Waals surface area (Å²) in [5.74, 6) is 2.30. The van der Waals surface area contributed by atoms with Gasteiger partial charge in [-0.1, -0.05) is 24.3 Å². The third kappa shape index (κ3) is 3.49. The van der Waals surface area contributed by atoms with E-state index in [1.165, 1.54) is 4.88 Å². The van der Waals surface area contributed by atoms with Crippen LogP contribution in [0.2, 0.25) is 0 Å². The number of ether oxygens (including phenoxy) is 3. The summed E-state index contributed by atoms with van der Waals surface area (Å²) in [6, 6.07) is 15.5. The van der Waals surface area contributed by atoms with E-state index in [0.29, 0.717) is 37.0 Å². The van der Waals surface area contributed by atoms with Crippen LogP contribution in [0.15, 0.2) is 59.7 Å². The fourth-order valence-electron chi connectivity index (χ4n) is 3.76.